The molecule has 0 aliphatic carbocycles. The second-order valence-electron chi connectivity index (χ2n) is 5.72. The van der Waals surface area contributed by atoms with Crippen molar-refractivity contribution < 1.29 is 14.7 Å². The fourth-order valence-electron chi connectivity index (χ4n) is 2.51. The number of carboxylic acids is 1. The predicted molar refractivity (Wildman–Crippen MR) is 79.7 cm³/mol. The molecule has 1 amide bonds. The van der Waals surface area contributed by atoms with Crippen LogP contribution in [-0.4, -0.2) is 50.0 Å². The van der Waals surface area contributed by atoms with E-state index in [9.17, 15) is 14.7 Å². The largest absolute Gasteiger partial charge is 0.481 e. The molecule has 3 rings (SSSR count). The molecule has 8 heteroatoms. The highest BCUT2D eigenvalue weighted by molar-refractivity contribution is 7.09. The molecule has 2 aromatic heterocycles. The third-order valence-electron chi connectivity index (χ3n) is 3.93. The molecule has 0 bridgehead atoms. The Morgan fingerprint density at radius 3 is 2.95 bits per heavy atom. The van der Waals surface area contributed by atoms with Crippen molar-refractivity contribution in [2.24, 2.45) is 5.41 Å². The van der Waals surface area contributed by atoms with E-state index in [0.717, 1.165) is 4.88 Å². The van der Waals surface area contributed by atoms with Crippen LogP contribution in [0.25, 0.3) is 0 Å². The van der Waals surface area contributed by atoms with Crippen LogP contribution in [0.4, 0.5) is 0 Å². The molecule has 1 saturated heterocycles. The number of hydrogen-bond donors (Lipinski definition) is 1. The summed E-state index contributed by atoms with van der Waals surface area (Å²) >= 11 is 1.61. The zero-order valence-corrected chi connectivity index (χ0v) is 12.9. The molecular weight excluding hydrogens is 304 g/mol. The molecule has 1 aliphatic rings. The third kappa shape index (κ3) is 2.74. The van der Waals surface area contributed by atoms with Gasteiger partial charge in [0.25, 0.3) is 5.91 Å². The molecule has 1 fully saturated rings. The van der Waals surface area contributed by atoms with Gasteiger partial charge in [0.15, 0.2) is 5.69 Å². The number of aliphatic carboxylic acids is 1. The summed E-state index contributed by atoms with van der Waals surface area (Å²) in [5.74, 6) is -1.13. The second-order valence-corrected chi connectivity index (χ2v) is 6.76. The smallest absolute Gasteiger partial charge is 0.311 e. The van der Waals surface area contributed by atoms with Crippen molar-refractivity contribution in [2.75, 3.05) is 13.1 Å². The van der Waals surface area contributed by atoms with Gasteiger partial charge < -0.3 is 10.0 Å². The van der Waals surface area contributed by atoms with Crippen molar-refractivity contribution in [1.82, 2.24) is 19.9 Å². The van der Waals surface area contributed by atoms with Gasteiger partial charge in [0.2, 0.25) is 0 Å². The van der Waals surface area contributed by atoms with Gasteiger partial charge in [-0.1, -0.05) is 11.3 Å². The summed E-state index contributed by atoms with van der Waals surface area (Å²) in [6.07, 6.45) is 2.07. The van der Waals surface area contributed by atoms with E-state index < -0.39 is 11.4 Å². The highest BCUT2D eigenvalue weighted by atomic mass is 32.1. The number of aromatic nitrogens is 3. The molecule has 1 unspecified atom stereocenters. The first-order chi connectivity index (χ1) is 10.5. The molecule has 116 valence electrons. The van der Waals surface area contributed by atoms with E-state index in [-0.39, 0.29) is 18.1 Å². The number of likely N-dealkylation sites (tertiary alicyclic amines) is 1. The molecule has 0 aromatic carbocycles. The van der Waals surface area contributed by atoms with E-state index in [1.54, 1.807) is 29.1 Å². The SMILES string of the molecule is CC1(C(=O)O)CCN(C(=O)c2cn(Cc3cccs3)nn2)C1. The van der Waals surface area contributed by atoms with Crippen LogP contribution in [0.1, 0.15) is 28.7 Å². The van der Waals surface area contributed by atoms with E-state index in [2.05, 4.69) is 10.3 Å². The van der Waals surface area contributed by atoms with E-state index in [0.29, 0.717) is 19.5 Å². The predicted octanol–water partition coefficient (Wildman–Crippen LogP) is 1.32. The van der Waals surface area contributed by atoms with Gasteiger partial charge >= 0.3 is 5.97 Å². The number of rotatable bonds is 4. The van der Waals surface area contributed by atoms with Crippen molar-refractivity contribution in [3.8, 4) is 0 Å². The molecule has 2 aromatic rings. The maximum Gasteiger partial charge on any atom is 0.311 e. The zero-order chi connectivity index (χ0) is 15.7. The van der Waals surface area contributed by atoms with Crippen molar-refractivity contribution in [1.29, 1.82) is 0 Å². The number of amides is 1. The highest BCUT2D eigenvalue weighted by Gasteiger charge is 2.42. The monoisotopic (exact) mass is 320 g/mol. The molecule has 1 atom stereocenters. The molecule has 22 heavy (non-hydrogen) atoms. The summed E-state index contributed by atoms with van der Waals surface area (Å²) in [4.78, 5) is 26.3. The van der Waals surface area contributed by atoms with Crippen LogP contribution in [-0.2, 0) is 11.3 Å². The van der Waals surface area contributed by atoms with Crippen molar-refractivity contribution in [3.63, 3.8) is 0 Å². The van der Waals surface area contributed by atoms with E-state index in [1.807, 2.05) is 17.5 Å². The Hall–Kier alpha value is -2.22. The number of carbonyl (C=O) groups excluding carboxylic acids is 1. The third-order valence-corrected chi connectivity index (χ3v) is 4.79. The van der Waals surface area contributed by atoms with Crippen LogP contribution in [0.2, 0.25) is 0 Å². The Bertz CT molecular complexity index is 697. The van der Waals surface area contributed by atoms with Crippen molar-refractivity contribution >= 4 is 23.2 Å². The molecule has 1 aliphatic heterocycles. The molecule has 0 saturated carbocycles. The molecule has 0 spiro atoms. The van der Waals surface area contributed by atoms with Crippen molar-refractivity contribution in [2.45, 2.75) is 19.9 Å². The summed E-state index contributed by atoms with van der Waals surface area (Å²) in [7, 11) is 0. The van der Waals surface area contributed by atoms with Gasteiger partial charge in [0, 0.05) is 18.0 Å². The van der Waals surface area contributed by atoms with Gasteiger partial charge in [-0.2, -0.15) is 0 Å². The van der Waals surface area contributed by atoms with E-state index in [4.69, 9.17) is 0 Å². The van der Waals surface area contributed by atoms with Crippen molar-refractivity contribution in [3.05, 3.63) is 34.3 Å². The second kappa shape index (κ2) is 5.53. The lowest BCUT2D eigenvalue weighted by atomic mass is 9.90. The fourth-order valence-corrected chi connectivity index (χ4v) is 3.20. The minimum atomic E-state index is -0.872. The number of carboxylic acid groups (broad SMARTS) is 1. The Morgan fingerprint density at radius 2 is 2.32 bits per heavy atom. The summed E-state index contributed by atoms with van der Waals surface area (Å²) in [6, 6.07) is 3.95. The van der Waals surface area contributed by atoms with Crippen LogP contribution in [0, 0.1) is 5.41 Å². The highest BCUT2D eigenvalue weighted by Crippen LogP contribution is 2.30. The molecule has 7 nitrogen and oxygen atoms in total. The lowest BCUT2D eigenvalue weighted by Crippen LogP contribution is -2.35. The summed E-state index contributed by atoms with van der Waals surface area (Å²) in [5, 5.41) is 19.1. The lowest BCUT2D eigenvalue weighted by molar-refractivity contribution is -0.147. The minimum absolute atomic E-state index is 0.207. The van der Waals surface area contributed by atoms with E-state index in [1.165, 1.54) is 4.90 Å². The zero-order valence-electron chi connectivity index (χ0n) is 12.1. The maximum atomic E-state index is 12.4. The first-order valence-electron chi connectivity index (χ1n) is 6.93. The first-order valence-corrected chi connectivity index (χ1v) is 7.81. The van der Waals surface area contributed by atoms with Crippen LogP contribution in [0.3, 0.4) is 0 Å². The number of thiophene rings is 1. The van der Waals surface area contributed by atoms with Gasteiger partial charge in [-0.3, -0.25) is 9.59 Å². The van der Waals surface area contributed by atoms with Gasteiger partial charge in [-0.05, 0) is 24.8 Å². The summed E-state index contributed by atoms with van der Waals surface area (Å²) in [6.45, 7) is 2.87. The molecular formula is C14H16N4O3S. The summed E-state index contributed by atoms with van der Waals surface area (Å²) < 4.78 is 1.62. The Kier molecular flexibility index (Phi) is 3.69. The molecule has 1 N–H and O–H groups in total. The number of carbonyl (C=O) groups is 2. The average Bonchev–Trinajstić information content (AvgIpc) is 3.20. The molecule has 3 heterocycles. The van der Waals surface area contributed by atoms with Gasteiger partial charge in [0.05, 0.1) is 18.2 Å². The minimum Gasteiger partial charge on any atom is -0.481 e. The van der Waals surface area contributed by atoms with Crippen LogP contribution in [0.5, 0.6) is 0 Å². The number of hydrogen-bond acceptors (Lipinski definition) is 5. The van der Waals surface area contributed by atoms with Crippen LogP contribution < -0.4 is 0 Å². The maximum absolute atomic E-state index is 12.4. The Balaban J connectivity index is 1.69. The lowest BCUT2D eigenvalue weighted by Gasteiger charge is -2.19. The quantitative estimate of drug-likeness (QED) is 0.918. The normalized spacial score (nSPS) is 21.2. The fraction of sp³-hybridized carbons (Fsp3) is 0.429. The standard InChI is InChI=1S/C14H16N4O3S/c1-14(13(20)21)4-5-17(9-14)12(19)11-8-18(16-15-11)7-10-3-2-6-22-10/h2-3,6,8H,4-5,7,9H2,1H3,(H,20,21). The van der Waals surface area contributed by atoms with Crippen LogP contribution in [0.15, 0.2) is 23.7 Å². The Labute approximate surface area is 131 Å². The number of nitrogens with zero attached hydrogens (tertiary/aromatic N) is 4. The van der Waals surface area contributed by atoms with Gasteiger partial charge in [0.1, 0.15) is 0 Å². The van der Waals surface area contributed by atoms with Gasteiger partial charge in [-0.25, -0.2) is 4.68 Å². The summed E-state index contributed by atoms with van der Waals surface area (Å²) in [5.41, 5.74) is -0.617. The Morgan fingerprint density at radius 1 is 1.50 bits per heavy atom. The topological polar surface area (TPSA) is 88.3 Å². The first kappa shape index (κ1) is 14.7. The van der Waals surface area contributed by atoms with E-state index >= 15 is 0 Å². The van der Waals surface area contributed by atoms with Crippen LogP contribution >= 0.6 is 11.3 Å². The molecule has 0 radical (unpaired) electrons. The van der Waals surface area contributed by atoms with Gasteiger partial charge in [-0.15, -0.1) is 16.4 Å². The average molecular weight is 320 g/mol.